The van der Waals surface area contributed by atoms with E-state index in [1.165, 1.54) is 6.42 Å². The number of methoxy groups -OCH3 is 1. The van der Waals surface area contributed by atoms with Gasteiger partial charge in [0.2, 0.25) is 0 Å². The van der Waals surface area contributed by atoms with Crippen LogP contribution in [0.4, 0.5) is 0 Å². The van der Waals surface area contributed by atoms with Gasteiger partial charge in [-0.05, 0) is 38.5 Å². The molecule has 3 N–H and O–H groups in total. The molecule has 1 aliphatic carbocycles. The molecule has 0 radical (unpaired) electrons. The van der Waals surface area contributed by atoms with Gasteiger partial charge < -0.3 is 20.1 Å². The Kier molecular flexibility index (Phi) is 10.9. The minimum absolute atomic E-state index is 0.0243. The molecule has 0 aliphatic heterocycles. The number of carbonyl (C=O) groups is 1. The van der Waals surface area contributed by atoms with Crippen molar-refractivity contribution in [2.24, 2.45) is 11.8 Å². The second kappa shape index (κ2) is 12.3. The molecule has 0 spiro atoms. The number of ether oxygens (including phenoxy) is 1. The zero-order valence-corrected chi connectivity index (χ0v) is 17.1. The molecule has 1 fully saturated rings. The van der Waals surface area contributed by atoms with Crippen molar-refractivity contribution >= 4 is 5.97 Å². The zero-order chi connectivity index (χ0) is 20.3. The molecule has 0 amide bonds. The number of hydrogen-bond donors (Lipinski definition) is 3. The fourth-order valence-electron chi connectivity index (χ4n) is 3.74. The number of aliphatic hydroxyl groups is 2. The third-order valence-corrected chi connectivity index (χ3v) is 5.67. The average Bonchev–Trinajstić information content (AvgIpc) is 2.89. The summed E-state index contributed by atoms with van der Waals surface area (Å²) in [6.07, 6.45) is 14.0. The normalized spacial score (nSPS) is 28.2. The lowest BCUT2D eigenvalue weighted by atomic mass is 9.87. The van der Waals surface area contributed by atoms with Crippen LogP contribution in [0.1, 0.15) is 71.6 Å². The summed E-state index contributed by atoms with van der Waals surface area (Å²) in [5, 5.41) is 29.4. The van der Waals surface area contributed by atoms with Crippen LogP contribution < -0.4 is 0 Å². The molecule has 0 aromatic rings. The van der Waals surface area contributed by atoms with E-state index >= 15 is 0 Å². The van der Waals surface area contributed by atoms with Crippen molar-refractivity contribution in [3.8, 4) is 0 Å². The lowest BCUT2D eigenvalue weighted by molar-refractivity contribution is -0.137. The second-order valence-electron chi connectivity index (χ2n) is 7.94. The summed E-state index contributed by atoms with van der Waals surface area (Å²) in [5.74, 6) is -0.892. The Morgan fingerprint density at radius 3 is 2.56 bits per heavy atom. The maximum atomic E-state index is 10.5. The zero-order valence-electron chi connectivity index (χ0n) is 17.1. The Bertz CT molecular complexity index is 487. The number of rotatable bonds is 13. The highest BCUT2D eigenvalue weighted by molar-refractivity contribution is 5.66. The average molecular weight is 383 g/mol. The molecular formula is C22H38O5. The molecule has 1 unspecified atom stereocenters. The van der Waals surface area contributed by atoms with Gasteiger partial charge in [-0.3, -0.25) is 4.79 Å². The molecule has 0 aromatic carbocycles. The summed E-state index contributed by atoms with van der Waals surface area (Å²) >= 11 is 0. The van der Waals surface area contributed by atoms with E-state index < -0.39 is 18.2 Å². The van der Waals surface area contributed by atoms with Gasteiger partial charge in [0, 0.05) is 25.9 Å². The highest BCUT2D eigenvalue weighted by Crippen LogP contribution is 2.37. The lowest BCUT2D eigenvalue weighted by Gasteiger charge is -2.26. The standard InChI is InChI=1S/C22H38O5/c1-4-5-10-14-22(2,27-3)15-13-18-17(19(23)16-20(18)24)11-8-6-7-9-12-21(25)26/h6,8,13,15,17-20,23-24H,4-5,7,9-12,14,16H2,1-3H3,(H,25,26)/b8-6-,15-13+/t17-,18-,19+,20-,22?/m1/s1. The van der Waals surface area contributed by atoms with E-state index in [1.54, 1.807) is 7.11 Å². The summed E-state index contributed by atoms with van der Waals surface area (Å²) in [4.78, 5) is 10.5. The van der Waals surface area contributed by atoms with Crippen molar-refractivity contribution in [3.63, 3.8) is 0 Å². The summed E-state index contributed by atoms with van der Waals surface area (Å²) in [5.41, 5.74) is -0.348. The number of aliphatic carboxylic acids is 1. The molecule has 156 valence electrons. The van der Waals surface area contributed by atoms with Gasteiger partial charge in [-0.1, -0.05) is 50.5 Å². The van der Waals surface area contributed by atoms with Crippen LogP contribution in [0.3, 0.4) is 0 Å². The number of carboxylic acid groups (broad SMARTS) is 1. The van der Waals surface area contributed by atoms with E-state index in [0.29, 0.717) is 19.3 Å². The maximum absolute atomic E-state index is 10.5. The first-order valence-electron chi connectivity index (χ1n) is 10.3. The van der Waals surface area contributed by atoms with Crippen LogP contribution in [0.5, 0.6) is 0 Å². The molecule has 5 atom stereocenters. The van der Waals surface area contributed by atoms with Gasteiger partial charge in [-0.25, -0.2) is 0 Å². The topological polar surface area (TPSA) is 87.0 Å². The lowest BCUT2D eigenvalue weighted by Crippen LogP contribution is -2.26. The van der Waals surface area contributed by atoms with Crippen molar-refractivity contribution in [1.82, 2.24) is 0 Å². The van der Waals surface area contributed by atoms with Crippen LogP contribution in [-0.4, -0.2) is 46.2 Å². The van der Waals surface area contributed by atoms with Crippen molar-refractivity contribution in [1.29, 1.82) is 0 Å². The van der Waals surface area contributed by atoms with Gasteiger partial charge in [-0.15, -0.1) is 0 Å². The molecule has 0 saturated heterocycles. The van der Waals surface area contributed by atoms with Gasteiger partial charge in [0.15, 0.2) is 0 Å². The number of aliphatic hydroxyl groups excluding tert-OH is 2. The van der Waals surface area contributed by atoms with E-state index in [0.717, 1.165) is 25.7 Å². The van der Waals surface area contributed by atoms with E-state index in [2.05, 4.69) is 19.9 Å². The summed E-state index contributed by atoms with van der Waals surface area (Å²) in [7, 11) is 1.72. The predicted molar refractivity (Wildman–Crippen MR) is 108 cm³/mol. The maximum Gasteiger partial charge on any atom is 0.303 e. The van der Waals surface area contributed by atoms with Gasteiger partial charge in [-0.2, -0.15) is 0 Å². The Morgan fingerprint density at radius 1 is 1.19 bits per heavy atom. The SMILES string of the molecule is CCCCCC(C)(/C=C/[C@@H]1[C@@H](C/C=C\CCCC(=O)O)[C@@H](O)C[C@H]1O)OC. The molecule has 27 heavy (non-hydrogen) atoms. The van der Waals surface area contributed by atoms with Crippen LogP contribution in [0.2, 0.25) is 0 Å². The molecule has 1 aliphatic rings. The minimum atomic E-state index is -0.775. The van der Waals surface area contributed by atoms with E-state index in [9.17, 15) is 15.0 Å². The van der Waals surface area contributed by atoms with Gasteiger partial charge in [0.1, 0.15) is 0 Å². The highest BCUT2D eigenvalue weighted by atomic mass is 16.5. The third-order valence-electron chi connectivity index (χ3n) is 5.67. The molecule has 5 heteroatoms. The van der Waals surface area contributed by atoms with E-state index in [1.807, 2.05) is 18.2 Å². The Hall–Kier alpha value is -1.17. The smallest absolute Gasteiger partial charge is 0.303 e. The van der Waals surface area contributed by atoms with Crippen molar-refractivity contribution < 1.29 is 24.9 Å². The largest absolute Gasteiger partial charge is 0.481 e. The minimum Gasteiger partial charge on any atom is -0.481 e. The highest BCUT2D eigenvalue weighted by Gasteiger charge is 2.39. The number of hydrogen-bond acceptors (Lipinski definition) is 4. The van der Waals surface area contributed by atoms with Crippen LogP contribution in [0.15, 0.2) is 24.3 Å². The van der Waals surface area contributed by atoms with Gasteiger partial charge in [0.25, 0.3) is 0 Å². The second-order valence-corrected chi connectivity index (χ2v) is 7.94. The number of allylic oxidation sites excluding steroid dienone is 2. The van der Waals surface area contributed by atoms with Crippen LogP contribution >= 0.6 is 0 Å². The van der Waals surface area contributed by atoms with E-state index in [4.69, 9.17) is 9.84 Å². The fourth-order valence-corrected chi connectivity index (χ4v) is 3.74. The van der Waals surface area contributed by atoms with Gasteiger partial charge in [0.05, 0.1) is 17.8 Å². The molecular weight excluding hydrogens is 344 g/mol. The molecule has 0 heterocycles. The quantitative estimate of drug-likeness (QED) is 0.330. The first-order chi connectivity index (χ1) is 12.8. The van der Waals surface area contributed by atoms with E-state index in [-0.39, 0.29) is 23.9 Å². The fraction of sp³-hybridized carbons (Fsp3) is 0.773. The first-order valence-corrected chi connectivity index (χ1v) is 10.3. The molecule has 0 aromatic heterocycles. The molecule has 1 saturated carbocycles. The summed E-state index contributed by atoms with van der Waals surface area (Å²) in [6.45, 7) is 4.24. The van der Waals surface area contributed by atoms with Crippen LogP contribution in [0, 0.1) is 11.8 Å². The van der Waals surface area contributed by atoms with Crippen molar-refractivity contribution in [2.45, 2.75) is 89.4 Å². The van der Waals surface area contributed by atoms with Crippen molar-refractivity contribution in [3.05, 3.63) is 24.3 Å². The molecule has 0 bridgehead atoms. The molecule has 5 nitrogen and oxygen atoms in total. The summed E-state index contributed by atoms with van der Waals surface area (Å²) < 4.78 is 5.69. The Morgan fingerprint density at radius 2 is 1.93 bits per heavy atom. The molecule has 1 rings (SSSR count). The summed E-state index contributed by atoms with van der Waals surface area (Å²) in [6, 6.07) is 0. The van der Waals surface area contributed by atoms with Crippen molar-refractivity contribution in [2.75, 3.05) is 7.11 Å². The predicted octanol–water partition coefficient (Wildman–Crippen LogP) is 4.09. The van der Waals surface area contributed by atoms with Crippen LogP contribution in [-0.2, 0) is 9.53 Å². The first kappa shape index (κ1) is 23.9. The van der Waals surface area contributed by atoms with Crippen LogP contribution in [0.25, 0.3) is 0 Å². The monoisotopic (exact) mass is 382 g/mol. The number of unbranched alkanes of at least 4 members (excludes halogenated alkanes) is 3. The Balaban J connectivity index is 2.63. The Labute approximate surface area is 164 Å². The third kappa shape index (κ3) is 8.58. The van der Waals surface area contributed by atoms with Gasteiger partial charge >= 0.3 is 5.97 Å². The number of carboxylic acids is 1.